The van der Waals surface area contributed by atoms with E-state index in [1.54, 1.807) is 0 Å². The minimum Gasteiger partial charge on any atom is -0.462 e. The highest BCUT2D eigenvalue weighted by molar-refractivity contribution is 6.07. The van der Waals surface area contributed by atoms with Crippen LogP contribution in [0.15, 0.2) is 30.3 Å². The SMILES string of the molecule is CC=Cc1[nH]c2ccccc2c1C(=O)OCC. The van der Waals surface area contributed by atoms with E-state index in [4.69, 9.17) is 4.74 Å². The predicted octanol–water partition coefficient (Wildman–Crippen LogP) is 3.38. The number of carbonyl (C=O) groups is 1. The average molecular weight is 229 g/mol. The van der Waals surface area contributed by atoms with E-state index >= 15 is 0 Å². The molecule has 2 rings (SSSR count). The summed E-state index contributed by atoms with van der Waals surface area (Å²) in [5, 5.41) is 0.902. The van der Waals surface area contributed by atoms with Crippen molar-refractivity contribution in [2.24, 2.45) is 0 Å². The lowest BCUT2D eigenvalue weighted by Crippen LogP contribution is -2.05. The lowest BCUT2D eigenvalue weighted by atomic mass is 10.1. The summed E-state index contributed by atoms with van der Waals surface area (Å²) in [4.78, 5) is 15.2. The average Bonchev–Trinajstić information content (AvgIpc) is 2.67. The smallest absolute Gasteiger partial charge is 0.340 e. The standard InChI is InChI=1S/C14H15NO2/c1-3-7-12-13(14(16)17-4-2)10-8-5-6-9-11(10)15-12/h3,5-9,15H,4H2,1-2H3. The van der Waals surface area contributed by atoms with Gasteiger partial charge in [0.25, 0.3) is 0 Å². The lowest BCUT2D eigenvalue weighted by molar-refractivity contribution is 0.0528. The Morgan fingerprint density at radius 2 is 2.18 bits per heavy atom. The molecule has 88 valence electrons. The van der Waals surface area contributed by atoms with Crippen molar-refractivity contribution in [2.45, 2.75) is 13.8 Å². The molecule has 0 saturated carbocycles. The Hall–Kier alpha value is -2.03. The molecule has 0 aliphatic rings. The number of ether oxygens (including phenoxy) is 1. The third-order valence-electron chi connectivity index (χ3n) is 2.55. The van der Waals surface area contributed by atoms with E-state index < -0.39 is 0 Å². The largest absolute Gasteiger partial charge is 0.462 e. The zero-order chi connectivity index (χ0) is 12.3. The van der Waals surface area contributed by atoms with Crippen molar-refractivity contribution < 1.29 is 9.53 Å². The predicted molar refractivity (Wildman–Crippen MR) is 69.0 cm³/mol. The van der Waals surface area contributed by atoms with Crippen LogP contribution >= 0.6 is 0 Å². The summed E-state index contributed by atoms with van der Waals surface area (Å²) in [7, 11) is 0. The van der Waals surface area contributed by atoms with Gasteiger partial charge in [-0.15, -0.1) is 0 Å². The van der Waals surface area contributed by atoms with Crippen molar-refractivity contribution in [3.05, 3.63) is 41.6 Å². The van der Waals surface area contributed by atoms with Crippen LogP contribution in [-0.4, -0.2) is 17.6 Å². The van der Waals surface area contributed by atoms with Crippen LogP contribution in [-0.2, 0) is 4.74 Å². The quantitative estimate of drug-likeness (QED) is 0.820. The number of carbonyl (C=O) groups excluding carboxylic acids is 1. The van der Waals surface area contributed by atoms with Gasteiger partial charge in [0.15, 0.2) is 0 Å². The number of aromatic nitrogens is 1. The first-order chi connectivity index (χ1) is 8.27. The molecule has 0 bridgehead atoms. The Bertz CT molecular complexity index is 567. The van der Waals surface area contributed by atoms with Gasteiger partial charge < -0.3 is 9.72 Å². The molecule has 3 heteroatoms. The van der Waals surface area contributed by atoms with Gasteiger partial charge in [-0.1, -0.05) is 24.3 Å². The van der Waals surface area contributed by atoms with Crippen molar-refractivity contribution >= 4 is 22.9 Å². The first-order valence-corrected chi connectivity index (χ1v) is 5.68. The van der Waals surface area contributed by atoms with Crippen molar-refractivity contribution in [3.8, 4) is 0 Å². The van der Waals surface area contributed by atoms with Gasteiger partial charge >= 0.3 is 5.97 Å². The normalized spacial score (nSPS) is 11.2. The van der Waals surface area contributed by atoms with Gasteiger partial charge in [-0.2, -0.15) is 0 Å². The summed E-state index contributed by atoms with van der Waals surface area (Å²) in [6, 6.07) is 7.72. The third-order valence-corrected chi connectivity index (χ3v) is 2.55. The minimum absolute atomic E-state index is 0.280. The molecular formula is C14H15NO2. The first kappa shape index (κ1) is 11.5. The molecule has 0 aliphatic carbocycles. The second kappa shape index (κ2) is 4.87. The molecule has 0 spiro atoms. The van der Waals surface area contributed by atoms with Crippen molar-refractivity contribution in [3.63, 3.8) is 0 Å². The maximum absolute atomic E-state index is 11.9. The fourth-order valence-electron chi connectivity index (χ4n) is 1.88. The van der Waals surface area contributed by atoms with Gasteiger partial charge in [0.1, 0.15) is 0 Å². The Kier molecular flexibility index (Phi) is 3.28. The molecular weight excluding hydrogens is 214 g/mol. The number of aromatic amines is 1. The topological polar surface area (TPSA) is 42.1 Å². The highest BCUT2D eigenvalue weighted by atomic mass is 16.5. The molecule has 17 heavy (non-hydrogen) atoms. The van der Waals surface area contributed by atoms with Crippen LogP contribution in [0.1, 0.15) is 29.9 Å². The van der Waals surface area contributed by atoms with E-state index in [0.717, 1.165) is 16.6 Å². The van der Waals surface area contributed by atoms with Gasteiger partial charge in [0.05, 0.1) is 17.9 Å². The molecule has 3 nitrogen and oxygen atoms in total. The number of nitrogens with one attached hydrogen (secondary N) is 1. The number of benzene rings is 1. The highest BCUT2D eigenvalue weighted by Gasteiger charge is 2.17. The number of fused-ring (bicyclic) bond motifs is 1. The maximum Gasteiger partial charge on any atom is 0.340 e. The summed E-state index contributed by atoms with van der Waals surface area (Å²) in [6.07, 6.45) is 3.78. The van der Waals surface area contributed by atoms with Crippen LogP contribution in [0, 0.1) is 0 Å². The number of hydrogen-bond acceptors (Lipinski definition) is 2. The fourth-order valence-corrected chi connectivity index (χ4v) is 1.88. The van der Waals surface area contributed by atoms with E-state index in [9.17, 15) is 4.79 Å². The number of para-hydroxylation sites is 1. The van der Waals surface area contributed by atoms with Crippen LogP contribution in [0.2, 0.25) is 0 Å². The third kappa shape index (κ3) is 2.09. The number of rotatable bonds is 3. The Balaban J connectivity index is 2.63. The highest BCUT2D eigenvalue weighted by Crippen LogP contribution is 2.24. The summed E-state index contributed by atoms with van der Waals surface area (Å²) in [6.45, 7) is 4.11. The molecule has 1 N–H and O–H groups in total. The van der Waals surface area contributed by atoms with Crippen LogP contribution in [0.3, 0.4) is 0 Å². The molecule has 0 radical (unpaired) electrons. The molecule has 1 aromatic carbocycles. The van der Waals surface area contributed by atoms with E-state index in [-0.39, 0.29) is 5.97 Å². The van der Waals surface area contributed by atoms with Crippen molar-refractivity contribution in [1.82, 2.24) is 4.98 Å². The lowest BCUT2D eigenvalue weighted by Gasteiger charge is -2.01. The molecule has 0 atom stereocenters. The van der Waals surface area contributed by atoms with E-state index in [0.29, 0.717) is 12.2 Å². The number of esters is 1. The molecule has 0 saturated heterocycles. The zero-order valence-electron chi connectivity index (χ0n) is 9.99. The summed E-state index contributed by atoms with van der Waals surface area (Å²) < 4.78 is 5.09. The van der Waals surface area contributed by atoms with Gasteiger partial charge in [0, 0.05) is 10.9 Å². The van der Waals surface area contributed by atoms with E-state index in [2.05, 4.69) is 4.98 Å². The molecule has 0 fully saturated rings. The van der Waals surface area contributed by atoms with Gasteiger partial charge in [0.2, 0.25) is 0 Å². The van der Waals surface area contributed by atoms with Crippen LogP contribution in [0.25, 0.3) is 17.0 Å². The summed E-state index contributed by atoms with van der Waals surface area (Å²) >= 11 is 0. The first-order valence-electron chi connectivity index (χ1n) is 5.68. The second-order valence-electron chi connectivity index (χ2n) is 3.68. The molecule has 0 unspecified atom stereocenters. The van der Waals surface area contributed by atoms with Gasteiger partial charge in [-0.25, -0.2) is 4.79 Å². The number of allylic oxidation sites excluding steroid dienone is 1. The Morgan fingerprint density at radius 1 is 1.41 bits per heavy atom. The molecule has 1 aromatic heterocycles. The zero-order valence-corrected chi connectivity index (χ0v) is 9.99. The van der Waals surface area contributed by atoms with E-state index in [1.807, 2.05) is 50.3 Å². The Morgan fingerprint density at radius 3 is 2.88 bits per heavy atom. The van der Waals surface area contributed by atoms with Crippen molar-refractivity contribution in [2.75, 3.05) is 6.61 Å². The molecule has 2 aromatic rings. The monoisotopic (exact) mass is 229 g/mol. The van der Waals surface area contributed by atoms with Gasteiger partial charge in [-0.05, 0) is 26.0 Å². The molecule has 1 heterocycles. The number of H-pyrrole nitrogens is 1. The van der Waals surface area contributed by atoms with Gasteiger partial charge in [-0.3, -0.25) is 0 Å². The molecule has 0 aliphatic heterocycles. The van der Waals surface area contributed by atoms with Crippen LogP contribution in [0.5, 0.6) is 0 Å². The fraction of sp³-hybridized carbons (Fsp3) is 0.214. The minimum atomic E-state index is -0.280. The number of hydrogen-bond donors (Lipinski definition) is 1. The Labute approximate surface area is 100 Å². The summed E-state index contributed by atoms with van der Waals surface area (Å²) in [5.74, 6) is -0.280. The van der Waals surface area contributed by atoms with E-state index in [1.165, 1.54) is 0 Å². The van der Waals surface area contributed by atoms with Crippen molar-refractivity contribution in [1.29, 1.82) is 0 Å². The maximum atomic E-state index is 11.9. The van der Waals surface area contributed by atoms with Crippen LogP contribution in [0.4, 0.5) is 0 Å². The van der Waals surface area contributed by atoms with Crippen LogP contribution < -0.4 is 0 Å². The second-order valence-corrected chi connectivity index (χ2v) is 3.68. The molecule has 0 amide bonds. The summed E-state index contributed by atoms with van der Waals surface area (Å²) in [5.41, 5.74) is 2.36.